The molecule has 2 nitrogen and oxygen atoms in total. The van der Waals surface area contributed by atoms with Gasteiger partial charge in [0.05, 0.1) is 0 Å². The Balaban J connectivity index is 2.81. The van der Waals surface area contributed by atoms with E-state index in [0.717, 1.165) is 0 Å². The molecule has 0 aliphatic carbocycles. The van der Waals surface area contributed by atoms with Gasteiger partial charge in [-0.25, -0.2) is 9.37 Å². The van der Waals surface area contributed by atoms with Crippen LogP contribution in [0.1, 0.15) is 12.0 Å². The van der Waals surface area contributed by atoms with Gasteiger partial charge in [0.1, 0.15) is 0 Å². The summed E-state index contributed by atoms with van der Waals surface area (Å²) in [5.74, 6) is 4.94. The number of rotatable bonds is 1. The van der Waals surface area contributed by atoms with Crippen molar-refractivity contribution in [3.05, 3.63) is 28.8 Å². The number of hydrogen-bond acceptors (Lipinski definition) is 2. The van der Waals surface area contributed by atoms with Crippen LogP contribution in [0.4, 0.5) is 4.39 Å². The molecular weight excluding hydrogens is 191 g/mol. The van der Waals surface area contributed by atoms with E-state index in [-0.39, 0.29) is 5.15 Å². The molecule has 0 aliphatic heterocycles. The molecule has 0 radical (unpaired) electrons. The second-order valence-corrected chi connectivity index (χ2v) is 2.70. The molecule has 13 heavy (non-hydrogen) atoms. The Labute approximate surface area is 80.9 Å². The Bertz CT molecular complexity index is 354. The highest BCUT2D eigenvalue weighted by molar-refractivity contribution is 6.29. The van der Waals surface area contributed by atoms with Crippen molar-refractivity contribution >= 4 is 11.6 Å². The lowest BCUT2D eigenvalue weighted by atomic mass is 10.3. The molecule has 2 N–H and O–H groups in total. The third-order valence-corrected chi connectivity index (χ3v) is 1.58. The number of aromatic nitrogens is 1. The van der Waals surface area contributed by atoms with Gasteiger partial charge in [-0.15, -0.1) is 0 Å². The monoisotopic (exact) mass is 198 g/mol. The van der Waals surface area contributed by atoms with Crippen molar-refractivity contribution in [3.63, 3.8) is 0 Å². The van der Waals surface area contributed by atoms with Gasteiger partial charge >= 0.3 is 0 Å². The Kier molecular flexibility index (Phi) is 3.69. The molecule has 0 spiro atoms. The topological polar surface area (TPSA) is 38.9 Å². The lowest BCUT2D eigenvalue weighted by Gasteiger charge is -1.92. The SMILES string of the molecule is NCCC#Cc1cnc(Cl)c(F)c1. The fourth-order valence-corrected chi connectivity index (χ4v) is 0.830. The van der Waals surface area contributed by atoms with Gasteiger partial charge in [0.2, 0.25) is 0 Å². The Hall–Kier alpha value is -1.11. The third kappa shape index (κ3) is 3.02. The van der Waals surface area contributed by atoms with E-state index >= 15 is 0 Å². The van der Waals surface area contributed by atoms with Crippen molar-refractivity contribution in [3.8, 4) is 11.8 Å². The summed E-state index contributed by atoms with van der Waals surface area (Å²) >= 11 is 5.39. The van der Waals surface area contributed by atoms with Crippen LogP contribution in [0.2, 0.25) is 5.15 Å². The minimum atomic E-state index is -0.554. The van der Waals surface area contributed by atoms with Crippen molar-refractivity contribution in [1.82, 2.24) is 4.98 Å². The van der Waals surface area contributed by atoms with E-state index in [1.807, 2.05) is 0 Å². The van der Waals surface area contributed by atoms with E-state index in [9.17, 15) is 4.39 Å². The maximum absolute atomic E-state index is 12.8. The molecule has 4 heteroatoms. The van der Waals surface area contributed by atoms with Gasteiger partial charge in [-0.3, -0.25) is 0 Å². The molecule has 1 rings (SSSR count). The quantitative estimate of drug-likeness (QED) is 0.550. The van der Waals surface area contributed by atoms with E-state index in [1.165, 1.54) is 12.3 Å². The van der Waals surface area contributed by atoms with Crippen LogP contribution in [0.25, 0.3) is 0 Å². The van der Waals surface area contributed by atoms with Crippen LogP contribution in [0.5, 0.6) is 0 Å². The molecular formula is C9H8ClFN2. The molecule has 0 bridgehead atoms. The number of nitrogens with zero attached hydrogens (tertiary/aromatic N) is 1. The van der Waals surface area contributed by atoms with Crippen molar-refractivity contribution in [2.24, 2.45) is 5.73 Å². The summed E-state index contributed by atoms with van der Waals surface area (Å²) < 4.78 is 12.8. The Morgan fingerprint density at radius 1 is 1.62 bits per heavy atom. The molecule has 1 aromatic heterocycles. The highest BCUT2D eigenvalue weighted by Crippen LogP contribution is 2.10. The summed E-state index contributed by atoms with van der Waals surface area (Å²) in [6.07, 6.45) is 2.01. The molecule has 0 saturated carbocycles. The Morgan fingerprint density at radius 2 is 2.38 bits per heavy atom. The van der Waals surface area contributed by atoms with Crippen LogP contribution in [0, 0.1) is 17.7 Å². The predicted molar refractivity (Wildman–Crippen MR) is 49.8 cm³/mol. The van der Waals surface area contributed by atoms with E-state index in [4.69, 9.17) is 17.3 Å². The largest absolute Gasteiger partial charge is 0.330 e. The second kappa shape index (κ2) is 4.80. The summed E-state index contributed by atoms with van der Waals surface area (Å²) in [4.78, 5) is 3.61. The zero-order valence-corrected chi connectivity index (χ0v) is 7.61. The lowest BCUT2D eigenvalue weighted by Crippen LogP contribution is -1.95. The molecule has 0 aromatic carbocycles. The minimum Gasteiger partial charge on any atom is -0.330 e. The first-order valence-corrected chi connectivity index (χ1v) is 4.12. The van der Waals surface area contributed by atoms with Gasteiger partial charge in [0.15, 0.2) is 11.0 Å². The number of pyridine rings is 1. The van der Waals surface area contributed by atoms with Gasteiger partial charge in [0, 0.05) is 24.7 Å². The second-order valence-electron chi connectivity index (χ2n) is 2.34. The highest BCUT2D eigenvalue weighted by atomic mass is 35.5. The smallest absolute Gasteiger partial charge is 0.164 e. The molecule has 68 valence electrons. The summed E-state index contributed by atoms with van der Waals surface area (Å²) in [7, 11) is 0. The van der Waals surface area contributed by atoms with Crippen LogP contribution >= 0.6 is 11.6 Å². The van der Waals surface area contributed by atoms with E-state index in [1.54, 1.807) is 0 Å². The van der Waals surface area contributed by atoms with Gasteiger partial charge in [-0.05, 0) is 6.07 Å². The first-order valence-electron chi connectivity index (χ1n) is 3.74. The average molecular weight is 199 g/mol. The van der Waals surface area contributed by atoms with Crippen LogP contribution in [-0.2, 0) is 0 Å². The van der Waals surface area contributed by atoms with E-state index in [0.29, 0.717) is 18.5 Å². The summed E-state index contributed by atoms with van der Waals surface area (Å²) in [6, 6.07) is 1.25. The van der Waals surface area contributed by atoms with Gasteiger partial charge in [-0.2, -0.15) is 0 Å². The summed E-state index contributed by atoms with van der Waals surface area (Å²) in [6.45, 7) is 0.497. The molecule has 0 saturated heterocycles. The molecule has 0 atom stereocenters. The summed E-state index contributed by atoms with van der Waals surface area (Å²) in [5, 5.41) is -0.135. The fourth-order valence-electron chi connectivity index (χ4n) is 0.726. The number of hydrogen-bond donors (Lipinski definition) is 1. The van der Waals surface area contributed by atoms with Crippen LogP contribution in [-0.4, -0.2) is 11.5 Å². The lowest BCUT2D eigenvalue weighted by molar-refractivity contribution is 0.621. The maximum Gasteiger partial charge on any atom is 0.164 e. The molecule has 1 heterocycles. The zero-order valence-electron chi connectivity index (χ0n) is 6.85. The van der Waals surface area contributed by atoms with E-state index in [2.05, 4.69) is 16.8 Å². The third-order valence-electron chi connectivity index (χ3n) is 1.30. The standard InChI is InChI=1S/C9H8ClFN2/c10-9-8(11)5-7(6-13-9)3-1-2-4-12/h5-6H,2,4,12H2. The van der Waals surface area contributed by atoms with Crippen LogP contribution in [0.3, 0.4) is 0 Å². The van der Waals surface area contributed by atoms with Crippen molar-refractivity contribution in [2.75, 3.05) is 6.54 Å². The molecule has 0 fully saturated rings. The van der Waals surface area contributed by atoms with Crippen LogP contribution < -0.4 is 5.73 Å². The van der Waals surface area contributed by atoms with E-state index < -0.39 is 5.82 Å². The van der Waals surface area contributed by atoms with Crippen molar-refractivity contribution < 1.29 is 4.39 Å². The zero-order chi connectivity index (χ0) is 9.68. The minimum absolute atomic E-state index is 0.135. The average Bonchev–Trinajstić information content (AvgIpc) is 2.12. The molecule has 0 unspecified atom stereocenters. The fraction of sp³-hybridized carbons (Fsp3) is 0.222. The molecule has 0 aliphatic rings. The van der Waals surface area contributed by atoms with Gasteiger partial charge in [-0.1, -0.05) is 23.4 Å². The normalized spacial score (nSPS) is 9.15. The first kappa shape index (κ1) is 9.97. The molecule has 1 aromatic rings. The first-order chi connectivity index (χ1) is 6.24. The van der Waals surface area contributed by atoms with Crippen molar-refractivity contribution in [2.45, 2.75) is 6.42 Å². The van der Waals surface area contributed by atoms with Gasteiger partial charge < -0.3 is 5.73 Å². The van der Waals surface area contributed by atoms with Gasteiger partial charge in [0.25, 0.3) is 0 Å². The highest BCUT2D eigenvalue weighted by Gasteiger charge is 1.99. The maximum atomic E-state index is 12.8. The number of halogens is 2. The molecule has 0 amide bonds. The van der Waals surface area contributed by atoms with Crippen molar-refractivity contribution in [1.29, 1.82) is 0 Å². The predicted octanol–water partition coefficient (Wildman–Crippen LogP) is 1.57. The number of nitrogens with two attached hydrogens (primary N) is 1. The summed E-state index contributed by atoms with van der Waals surface area (Å²) in [5.41, 5.74) is 5.74. The Morgan fingerprint density at radius 3 is 3.00 bits per heavy atom. The van der Waals surface area contributed by atoms with Crippen LogP contribution in [0.15, 0.2) is 12.3 Å².